The molecule has 19 heavy (non-hydrogen) atoms. The molecule has 104 valence electrons. The maximum atomic E-state index is 5.97. The molecule has 1 aromatic carbocycles. The molecule has 0 heterocycles. The van der Waals surface area contributed by atoms with Gasteiger partial charge in [0.25, 0.3) is 0 Å². The first kappa shape index (κ1) is 13.0. The molecule has 0 bridgehead atoms. The first-order valence-electron chi connectivity index (χ1n) is 7.69. The van der Waals surface area contributed by atoms with E-state index in [4.69, 9.17) is 4.74 Å². The quantitative estimate of drug-likeness (QED) is 0.877. The molecule has 2 aliphatic rings. The number of hydrogen-bond acceptors (Lipinski definition) is 2. The lowest BCUT2D eigenvalue weighted by Gasteiger charge is -2.54. The Morgan fingerprint density at radius 1 is 1.32 bits per heavy atom. The van der Waals surface area contributed by atoms with Crippen molar-refractivity contribution in [2.75, 3.05) is 11.9 Å². The molecular weight excluding hydrogens is 234 g/mol. The van der Waals surface area contributed by atoms with Crippen molar-refractivity contribution >= 4 is 5.69 Å². The fourth-order valence-corrected chi connectivity index (χ4v) is 4.02. The molecule has 2 atom stereocenters. The van der Waals surface area contributed by atoms with E-state index in [0.717, 1.165) is 6.61 Å². The van der Waals surface area contributed by atoms with E-state index in [1.54, 1.807) is 0 Å². The van der Waals surface area contributed by atoms with E-state index < -0.39 is 0 Å². The van der Waals surface area contributed by atoms with Gasteiger partial charge < -0.3 is 10.1 Å². The Kier molecular flexibility index (Phi) is 3.53. The molecule has 0 saturated heterocycles. The monoisotopic (exact) mass is 259 g/mol. The van der Waals surface area contributed by atoms with Crippen LogP contribution in [-0.4, -0.2) is 18.8 Å². The van der Waals surface area contributed by atoms with Gasteiger partial charge in [0, 0.05) is 23.8 Å². The van der Waals surface area contributed by atoms with E-state index in [1.807, 2.05) is 0 Å². The molecule has 1 aromatic rings. The van der Waals surface area contributed by atoms with Crippen LogP contribution in [0.5, 0.6) is 0 Å². The van der Waals surface area contributed by atoms with Gasteiger partial charge in [-0.15, -0.1) is 0 Å². The summed E-state index contributed by atoms with van der Waals surface area (Å²) in [5.41, 5.74) is 3.01. The van der Waals surface area contributed by atoms with Crippen LogP contribution in [0, 0.1) is 12.3 Å². The normalized spacial score (nSPS) is 28.3. The van der Waals surface area contributed by atoms with Crippen molar-refractivity contribution in [1.29, 1.82) is 0 Å². The van der Waals surface area contributed by atoms with Crippen LogP contribution in [0.2, 0.25) is 0 Å². The van der Waals surface area contributed by atoms with Crippen molar-refractivity contribution in [3.05, 3.63) is 29.8 Å². The number of anilines is 1. The van der Waals surface area contributed by atoms with Crippen molar-refractivity contribution < 1.29 is 4.74 Å². The highest BCUT2D eigenvalue weighted by atomic mass is 16.5. The molecule has 3 rings (SSSR count). The molecule has 0 aromatic heterocycles. The zero-order valence-corrected chi connectivity index (χ0v) is 12.1. The van der Waals surface area contributed by atoms with E-state index in [1.165, 1.54) is 43.4 Å². The lowest BCUT2D eigenvalue weighted by atomic mass is 9.60. The van der Waals surface area contributed by atoms with Gasteiger partial charge in [0.2, 0.25) is 0 Å². The van der Waals surface area contributed by atoms with Crippen LogP contribution < -0.4 is 5.32 Å². The van der Waals surface area contributed by atoms with Crippen LogP contribution in [0.25, 0.3) is 0 Å². The summed E-state index contributed by atoms with van der Waals surface area (Å²) >= 11 is 0. The molecule has 2 heteroatoms. The topological polar surface area (TPSA) is 21.3 Å². The summed E-state index contributed by atoms with van der Waals surface area (Å²) in [5, 5.41) is 3.76. The SMILES string of the molecule is CCOC1CC(Nc2cccc(C)c2)C12CCCC2. The number of nitrogens with one attached hydrogen (secondary N) is 1. The Hall–Kier alpha value is -1.02. The Morgan fingerprint density at radius 2 is 2.11 bits per heavy atom. The average molecular weight is 259 g/mol. The van der Waals surface area contributed by atoms with Crippen molar-refractivity contribution in [3.8, 4) is 0 Å². The molecule has 2 nitrogen and oxygen atoms in total. The van der Waals surface area contributed by atoms with Gasteiger partial charge in [-0.3, -0.25) is 0 Å². The fraction of sp³-hybridized carbons (Fsp3) is 0.647. The molecule has 2 saturated carbocycles. The second-order valence-electron chi connectivity index (χ2n) is 6.19. The summed E-state index contributed by atoms with van der Waals surface area (Å²) in [4.78, 5) is 0. The largest absolute Gasteiger partial charge is 0.382 e. The molecule has 2 unspecified atom stereocenters. The van der Waals surface area contributed by atoms with Crippen LogP contribution >= 0.6 is 0 Å². The summed E-state index contributed by atoms with van der Waals surface area (Å²) in [6.45, 7) is 5.12. The third-order valence-electron chi connectivity index (χ3n) is 5.05. The number of rotatable bonds is 4. The zero-order valence-electron chi connectivity index (χ0n) is 12.1. The van der Waals surface area contributed by atoms with Crippen LogP contribution in [0.1, 0.15) is 44.6 Å². The van der Waals surface area contributed by atoms with Crippen molar-refractivity contribution in [3.63, 3.8) is 0 Å². The van der Waals surface area contributed by atoms with Gasteiger partial charge in [-0.2, -0.15) is 0 Å². The number of benzene rings is 1. The fourth-order valence-electron chi connectivity index (χ4n) is 4.02. The minimum Gasteiger partial charge on any atom is -0.382 e. The standard InChI is InChI=1S/C17H25NO/c1-3-19-16-12-15(17(16)9-4-5-10-17)18-14-8-6-7-13(2)11-14/h6-8,11,15-16,18H,3-5,9-10,12H2,1-2H3. The van der Waals surface area contributed by atoms with Crippen molar-refractivity contribution in [1.82, 2.24) is 0 Å². The summed E-state index contributed by atoms with van der Waals surface area (Å²) in [6, 6.07) is 9.33. The third kappa shape index (κ3) is 2.27. The van der Waals surface area contributed by atoms with Crippen LogP contribution in [0.15, 0.2) is 24.3 Å². The molecule has 1 N–H and O–H groups in total. The number of hydrogen-bond donors (Lipinski definition) is 1. The minimum absolute atomic E-state index is 0.416. The summed E-state index contributed by atoms with van der Waals surface area (Å²) < 4.78 is 5.97. The van der Waals surface area contributed by atoms with Crippen LogP contribution in [0.3, 0.4) is 0 Å². The van der Waals surface area contributed by atoms with Crippen molar-refractivity contribution in [2.45, 2.75) is 58.1 Å². The summed E-state index contributed by atoms with van der Waals surface area (Å²) in [6.07, 6.45) is 7.07. The highest BCUT2D eigenvalue weighted by molar-refractivity contribution is 5.47. The highest BCUT2D eigenvalue weighted by Crippen LogP contribution is 2.55. The third-order valence-corrected chi connectivity index (χ3v) is 5.05. The van der Waals surface area contributed by atoms with Crippen molar-refractivity contribution in [2.24, 2.45) is 5.41 Å². The molecule has 1 spiro atoms. The average Bonchev–Trinajstić information content (AvgIpc) is 2.90. The van der Waals surface area contributed by atoms with Gasteiger partial charge in [-0.1, -0.05) is 25.0 Å². The lowest BCUT2D eigenvalue weighted by Crippen LogP contribution is -2.60. The molecule has 0 radical (unpaired) electrons. The molecule has 0 amide bonds. The van der Waals surface area contributed by atoms with Gasteiger partial charge in [-0.05, 0) is 50.8 Å². The number of aryl methyl sites for hydroxylation is 1. The first-order chi connectivity index (χ1) is 9.24. The van der Waals surface area contributed by atoms with E-state index >= 15 is 0 Å². The molecule has 0 aliphatic heterocycles. The van der Waals surface area contributed by atoms with Gasteiger partial charge in [-0.25, -0.2) is 0 Å². The highest BCUT2D eigenvalue weighted by Gasteiger charge is 2.56. The van der Waals surface area contributed by atoms with Gasteiger partial charge in [0.05, 0.1) is 6.10 Å². The molecule has 2 aliphatic carbocycles. The summed E-state index contributed by atoms with van der Waals surface area (Å²) in [7, 11) is 0. The van der Waals surface area contributed by atoms with Gasteiger partial charge >= 0.3 is 0 Å². The van der Waals surface area contributed by atoms with Crippen LogP contribution in [-0.2, 0) is 4.74 Å². The molecular formula is C17H25NO. The van der Waals surface area contributed by atoms with E-state index in [2.05, 4.69) is 43.4 Å². The Bertz CT molecular complexity index is 437. The zero-order chi connectivity index (χ0) is 13.3. The minimum atomic E-state index is 0.416. The Labute approximate surface area is 116 Å². The Morgan fingerprint density at radius 3 is 2.79 bits per heavy atom. The van der Waals surface area contributed by atoms with Gasteiger partial charge in [0.15, 0.2) is 0 Å². The second-order valence-corrected chi connectivity index (χ2v) is 6.19. The lowest BCUT2D eigenvalue weighted by molar-refractivity contribution is -0.114. The maximum Gasteiger partial charge on any atom is 0.0670 e. The Balaban J connectivity index is 1.72. The van der Waals surface area contributed by atoms with E-state index in [0.29, 0.717) is 17.6 Å². The van der Waals surface area contributed by atoms with Crippen LogP contribution in [0.4, 0.5) is 5.69 Å². The summed E-state index contributed by atoms with van der Waals surface area (Å²) in [5.74, 6) is 0. The predicted molar refractivity (Wildman–Crippen MR) is 79.5 cm³/mol. The van der Waals surface area contributed by atoms with Gasteiger partial charge in [0.1, 0.15) is 0 Å². The number of ether oxygens (including phenoxy) is 1. The first-order valence-corrected chi connectivity index (χ1v) is 7.69. The second kappa shape index (κ2) is 5.16. The van der Waals surface area contributed by atoms with E-state index in [-0.39, 0.29) is 0 Å². The predicted octanol–water partition coefficient (Wildman–Crippen LogP) is 4.14. The van der Waals surface area contributed by atoms with E-state index in [9.17, 15) is 0 Å². The maximum absolute atomic E-state index is 5.97. The molecule has 2 fully saturated rings. The smallest absolute Gasteiger partial charge is 0.0670 e.